The fourth-order valence-corrected chi connectivity index (χ4v) is 9.25. The number of carboxylic acids is 2. The van der Waals surface area contributed by atoms with Crippen LogP contribution in [-0.2, 0) is 35.3 Å². The molecule has 0 saturated heterocycles. The molecule has 0 saturated carbocycles. The van der Waals surface area contributed by atoms with Crippen molar-refractivity contribution < 1.29 is 38.9 Å². The highest BCUT2D eigenvalue weighted by atomic mass is 35.5. The quantitative estimate of drug-likeness (QED) is 0.0602. The van der Waals surface area contributed by atoms with Crippen molar-refractivity contribution in [3.63, 3.8) is 0 Å². The summed E-state index contributed by atoms with van der Waals surface area (Å²) < 4.78 is 4.40. The first-order chi connectivity index (χ1) is 37.8. The number of aromatic carboxylic acids is 2. The number of carboxylic acid groups (broad SMARTS) is 2. The van der Waals surface area contributed by atoms with Crippen LogP contribution >= 0.6 is 23.2 Å². The molecule has 2 atom stereocenters. The number of ketones is 2. The molecule has 2 N–H and O–H groups in total. The van der Waals surface area contributed by atoms with E-state index in [9.17, 15) is 29.6 Å². The zero-order valence-electron chi connectivity index (χ0n) is 41.0. The summed E-state index contributed by atoms with van der Waals surface area (Å²) in [5, 5.41) is 68.7. The highest BCUT2D eigenvalue weighted by molar-refractivity contribution is 6.31. The Bertz CT molecular complexity index is 3490. The average molecular weight is 1080 g/mol. The SMILES string of the molecule is O=C(O)c1ccc(CC(=O)[C@@H](Cc2ccccc2)c2ccc(-c3cc(Cl)ccc3-n3cnnn3)c[n+]2[O-])cc1.O=C(O)c1ccc(CC(=O)[C@H](Cc2ccccc2)c2ccc(-c3cc(Cl)ccc3-n3cnnn3)c[n+]2[O-])cc1. The van der Waals surface area contributed by atoms with Gasteiger partial charge in [0.15, 0.2) is 24.0 Å². The lowest BCUT2D eigenvalue weighted by Gasteiger charge is -2.17. The Labute approximate surface area is 455 Å². The molecule has 10 rings (SSSR count). The molecule has 18 nitrogen and oxygen atoms in total. The van der Waals surface area contributed by atoms with E-state index < -0.39 is 23.8 Å². The number of aromatic nitrogens is 10. The second-order valence-corrected chi connectivity index (χ2v) is 18.8. The number of tetrazole rings is 2. The topological polar surface area (TPSA) is 250 Å². The molecule has 0 aliphatic rings. The highest BCUT2D eigenvalue weighted by Gasteiger charge is 2.31. The Balaban J connectivity index is 0.000000190. The van der Waals surface area contributed by atoms with Gasteiger partial charge in [0.1, 0.15) is 24.5 Å². The predicted octanol–water partition coefficient (Wildman–Crippen LogP) is 8.90. The molecule has 0 bridgehead atoms. The monoisotopic (exact) mass is 1080 g/mol. The Hall–Kier alpha value is -9.78. The van der Waals surface area contributed by atoms with E-state index >= 15 is 0 Å². The third-order valence-electron chi connectivity index (χ3n) is 12.8. The maximum atomic E-state index is 13.6. The van der Waals surface area contributed by atoms with Crippen molar-refractivity contribution in [2.45, 2.75) is 37.5 Å². The molecule has 10 aromatic rings. The zero-order chi connectivity index (χ0) is 54.7. The van der Waals surface area contributed by atoms with E-state index in [2.05, 4.69) is 31.1 Å². The number of carbonyl (C=O) groups is 4. The van der Waals surface area contributed by atoms with Crippen molar-refractivity contribution in [1.82, 2.24) is 40.4 Å². The summed E-state index contributed by atoms with van der Waals surface area (Å²) in [7, 11) is 0. The van der Waals surface area contributed by atoms with Gasteiger partial charge in [-0.25, -0.2) is 9.59 Å². The van der Waals surface area contributed by atoms with Crippen molar-refractivity contribution in [2.75, 3.05) is 0 Å². The van der Waals surface area contributed by atoms with Crippen LogP contribution in [0.15, 0.2) is 195 Å². The number of hydrogen-bond donors (Lipinski definition) is 2. The molecule has 6 aromatic carbocycles. The van der Waals surface area contributed by atoms with Crippen molar-refractivity contribution in [3.05, 3.63) is 260 Å². The van der Waals surface area contributed by atoms with E-state index in [1.54, 1.807) is 84.9 Å². The van der Waals surface area contributed by atoms with Gasteiger partial charge in [-0.3, -0.25) is 9.59 Å². The largest absolute Gasteiger partial charge is 0.618 e. The molecule has 0 aliphatic heterocycles. The summed E-state index contributed by atoms with van der Waals surface area (Å²) in [6, 6.07) is 48.5. The van der Waals surface area contributed by atoms with E-state index in [1.165, 1.54) is 58.7 Å². The second kappa shape index (κ2) is 24.3. The van der Waals surface area contributed by atoms with Gasteiger partial charge < -0.3 is 20.6 Å². The van der Waals surface area contributed by atoms with Crippen LogP contribution in [0, 0.1) is 10.4 Å². The molecule has 0 amide bonds. The van der Waals surface area contributed by atoms with Crippen molar-refractivity contribution in [3.8, 4) is 33.6 Å². The minimum absolute atomic E-state index is 0.0525. The molecule has 20 heteroatoms. The van der Waals surface area contributed by atoms with Crippen LogP contribution in [0.3, 0.4) is 0 Å². The third-order valence-corrected chi connectivity index (χ3v) is 13.3. The number of rotatable bonds is 18. The minimum Gasteiger partial charge on any atom is -0.618 e. The van der Waals surface area contributed by atoms with Gasteiger partial charge in [0.25, 0.3) is 0 Å². The summed E-state index contributed by atoms with van der Waals surface area (Å²) in [5.74, 6) is -3.84. The van der Waals surface area contributed by atoms with E-state index in [1.807, 2.05) is 60.7 Å². The number of benzene rings is 6. The first-order valence-electron chi connectivity index (χ1n) is 24.1. The highest BCUT2D eigenvalue weighted by Crippen LogP contribution is 2.32. The second-order valence-electron chi connectivity index (χ2n) is 17.9. The molecule has 0 radical (unpaired) electrons. The number of nitrogens with zero attached hydrogens (tertiary/aromatic N) is 10. The predicted molar refractivity (Wildman–Crippen MR) is 287 cm³/mol. The van der Waals surface area contributed by atoms with Crippen LogP contribution in [-0.4, -0.2) is 74.1 Å². The molecule has 388 valence electrons. The van der Waals surface area contributed by atoms with E-state index in [-0.39, 0.29) is 35.5 Å². The van der Waals surface area contributed by atoms with Crippen LogP contribution in [0.2, 0.25) is 10.0 Å². The summed E-state index contributed by atoms with van der Waals surface area (Å²) in [6.07, 6.45) is 6.51. The van der Waals surface area contributed by atoms with Crippen molar-refractivity contribution >= 4 is 46.7 Å². The maximum absolute atomic E-state index is 13.6. The fraction of sp³-hybridized carbons (Fsp3) is 0.103. The maximum Gasteiger partial charge on any atom is 0.335 e. The van der Waals surface area contributed by atoms with E-state index in [0.29, 0.717) is 79.0 Å². The van der Waals surface area contributed by atoms with Gasteiger partial charge in [-0.1, -0.05) is 108 Å². The molecular weight excluding hydrogens is 1040 g/mol. The van der Waals surface area contributed by atoms with Gasteiger partial charge in [-0.15, -0.1) is 10.2 Å². The molecule has 0 fully saturated rings. The van der Waals surface area contributed by atoms with E-state index in [0.717, 1.165) is 20.6 Å². The van der Waals surface area contributed by atoms with Crippen LogP contribution in [0.5, 0.6) is 0 Å². The lowest BCUT2D eigenvalue weighted by Crippen LogP contribution is -2.36. The van der Waals surface area contributed by atoms with Gasteiger partial charge >= 0.3 is 11.9 Å². The van der Waals surface area contributed by atoms with E-state index in [4.69, 9.17) is 33.4 Å². The number of Topliss-reactive ketones (excluding diaryl/α,β-unsaturated/α-hetero) is 2. The Morgan fingerprint density at radius 2 is 0.872 bits per heavy atom. The van der Waals surface area contributed by atoms with Gasteiger partial charge in [-0.2, -0.15) is 18.8 Å². The Morgan fingerprint density at radius 1 is 0.487 bits per heavy atom. The lowest BCUT2D eigenvalue weighted by molar-refractivity contribution is -0.614. The number of pyridine rings is 2. The third kappa shape index (κ3) is 12.8. The summed E-state index contributed by atoms with van der Waals surface area (Å²) in [4.78, 5) is 49.5. The van der Waals surface area contributed by atoms with Gasteiger partial charge in [0.2, 0.25) is 11.4 Å². The molecule has 4 heterocycles. The van der Waals surface area contributed by atoms with Crippen LogP contribution < -0.4 is 9.46 Å². The molecule has 0 unspecified atom stereocenters. The number of halogens is 2. The molecule has 4 aromatic heterocycles. The van der Waals surface area contributed by atoms with Crippen LogP contribution in [0.4, 0.5) is 0 Å². The molecule has 78 heavy (non-hydrogen) atoms. The minimum atomic E-state index is -1.04. The van der Waals surface area contributed by atoms with Crippen molar-refractivity contribution in [1.29, 1.82) is 0 Å². The normalized spacial score (nSPS) is 11.7. The summed E-state index contributed by atoms with van der Waals surface area (Å²) in [5.41, 5.74) is 7.79. The van der Waals surface area contributed by atoms with Gasteiger partial charge in [0.05, 0.1) is 22.5 Å². The Morgan fingerprint density at radius 3 is 1.21 bits per heavy atom. The standard InChI is InChI=1S/2C29H22ClN5O4/c2*30-23-11-13-26(34-18-31-32-33-34)24(16-23)22-10-12-27(35(39)17-22)25(14-19-4-2-1-3-5-19)28(36)15-20-6-8-21(9-7-20)29(37)38/h2*1-13,16-18,25H,14-15H2,(H,37,38)/t2*25-/m10/s1. The first kappa shape index (κ1) is 53.1. The fourth-order valence-electron chi connectivity index (χ4n) is 8.91. The average Bonchev–Trinajstić information content (AvgIpc) is 4.21. The van der Waals surface area contributed by atoms with Crippen LogP contribution in [0.1, 0.15) is 66.2 Å². The molecular formula is C58H44Cl2N10O8. The van der Waals surface area contributed by atoms with Gasteiger partial charge in [0, 0.05) is 57.3 Å². The molecule has 0 spiro atoms. The van der Waals surface area contributed by atoms with Gasteiger partial charge in [-0.05, 0) is 129 Å². The summed E-state index contributed by atoms with van der Waals surface area (Å²) >= 11 is 12.5. The van der Waals surface area contributed by atoms with Crippen molar-refractivity contribution in [2.24, 2.45) is 0 Å². The number of hydrogen-bond acceptors (Lipinski definition) is 12. The van der Waals surface area contributed by atoms with Crippen LogP contribution in [0.25, 0.3) is 33.6 Å². The number of carbonyl (C=O) groups excluding carboxylic acids is 2. The first-order valence-corrected chi connectivity index (χ1v) is 24.8. The molecule has 0 aliphatic carbocycles. The lowest BCUT2D eigenvalue weighted by atomic mass is 9.88. The Kier molecular flexibility index (Phi) is 16.5. The zero-order valence-corrected chi connectivity index (χ0v) is 42.5. The smallest absolute Gasteiger partial charge is 0.335 e. The summed E-state index contributed by atoms with van der Waals surface area (Å²) in [6.45, 7) is 0.